The minimum Gasteiger partial charge on any atom is -0.333 e. The molecule has 4 fully saturated rings. The number of nitro benzene ring substituents is 1. The van der Waals surface area contributed by atoms with Gasteiger partial charge < -0.3 is 10.6 Å². The quantitative estimate of drug-likeness (QED) is 0.227. The van der Waals surface area contributed by atoms with E-state index in [1.807, 2.05) is 0 Å². The average Bonchev–Trinajstić information content (AvgIpc) is 3.29. The summed E-state index contributed by atoms with van der Waals surface area (Å²) in [6.45, 7) is 0.152. The molecule has 7 rings (SSSR count). The Morgan fingerprint density at radius 2 is 1.66 bits per heavy atom. The van der Waals surface area contributed by atoms with E-state index in [-0.39, 0.29) is 29.6 Å². The number of carbonyl (C=O) groups excluding carboxylic acids is 1. The van der Waals surface area contributed by atoms with Crippen molar-refractivity contribution in [3.8, 4) is 5.69 Å². The number of thioether (sulfide) groups is 1. The molecule has 9 nitrogen and oxygen atoms in total. The maximum Gasteiger partial charge on any atom is 0.315 e. The van der Waals surface area contributed by atoms with Crippen molar-refractivity contribution in [3.05, 3.63) is 75.9 Å². The molecule has 11 heteroatoms. The van der Waals surface area contributed by atoms with Crippen LogP contribution in [0.5, 0.6) is 0 Å². The van der Waals surface area contributed by atoms with Gasteiger partial charge in [-0.05, 0) is 86.1 Å². The number of benzene rings is 2. The van der Waals surface area contributed by atoms with Crippen LogP contribution in [0.1, 0.15) is 49.9 Å². The molecule has 2 N–H and O–H groups in total. The Balaban J connectivity index is 1.18. The summed E-state index contributed by atoms with van der Waals surface area (Å²) in [5.41, 5.74) is 1.46. The van der Waals surface area contributed by atoms with Gasteiger partial charge in [0.2, 0.25) is 0 Å². The number of nitro groups is 1. The highest BCUT2D eigenvalue weighted by Gasteiger charge is 2.51. The van der Waals surface area contributed by atoms with Crippen LogP contribution in [0.4, 0.5) is 14.9 Å². The molecule has 4 saturated carbocycles. The molecule has 198 valence electrons. The van der Waals surface area contributed by atoms with Gasteiger partial charge in [0.25, 0.3) is 5.69 Å². The number of hydrogen-bond acceptors (Lipinski definition) is 6. The molecule has 0 spiro atoms. The van der Waals surface area contributed by atoms with Gasteiger partial charge in [-0.2, -0.15) is 0 Å². The van der Waals surface area contributed by atoms with Crippen LogP contribution in [-0.2, 0) is 12.3 Å². The lowest BCUT2D eigenvalue weighted by Crippen LogP contribution is -2.61. The summed E-state index contributed by atoms with van der Waals surface area (Å²) < 4.78 is 15.1. The Hall–Kier alpha value is -3.47. The van der Waals surface area contributed by atoms with Crippen LogP contribution in [0.15, 0.2) is 53.7 Å². The summed E-state index contributed by atoms with van der Waals surface area (Å²) in [7, 11) is 0. The van der Waals surface area contributed by atoms with Gasteiger partial charge in [0.1, 0.15) is 5.82 Å². The van der Waals surface area contributed by atoms with Crippen molar-refractivity contribution in [2.45, 2.75) is 61.5 Å². The fourth-order valence-electron chi connectivity index (χ4n) is 6.93. The van der Waals surface area contributed by atoms with E-state index in [1.165, 1.54) is 55.3 Å². The molecule has 3 aromatic rings. The third-order valence-electron chi connectivity index (χ3n) is 8.12. The lowest BCUT2D eigenvalue weighted by Gasteiger charge is -2.56. The minimum absolute atomic E-state index is 0.0167. The molecule has 38 heavy (non-hydrogen) atoms. The van der Waals surface area contributed by atoms with Crippen LogP contribution in [0.3, 0.4) is 0 Å². The predicted octanol–water partition coefficient (Wildman–Crippen LogP) is 5.37. The first-order valence-electron chi connectivity index (χ1n) is 13.0. The van der Waals surface area contributed by atoms with Gasteiger partial charge in [-0.1, -0.05) is 23.9 Å². The predicted molar refractivity (Wildman–Crippen MR) is 140 cm³/mol. The number of nitrogens with zero attached hydrogens (tertiary/aromatic N) is 4. The number of nitrogens with one attached hydrogen (secondary N) is 2. The normalized spacial score (nSPS) is 25.3. The van der Waals surface area contributed by atoms with Gasteiger partial charge >= 0.3 is 6.03 Å². The zero-order chi connectivity index (χ0) is 26.3. The molecular formula is C27H29FN6O3S. The molecule has 2 amide bonds. The molecule has 0 atom stereocenters. The minimum atomic E-state index is -0.447. The highest BCUT2D eigenvalue weighted by molar-refractivity contribution is 7.98. The molecule has 4 aliphatic carbocycles. The average molecular weight is 537 g/mol. The lowest BCUT2D eigenvalue weighted by atomic mass is 9.53. The first-order chi connectivity index (χ1) is 18.4. The summed E-state index contributed by atoms with van der Waals surface area (Å²) in [4.78, 5) is 23.7. The Morgan fingerprint density at radius 3 is 2.26 bits per heavy atom. The van der Waals surface area contributed by atoms with E-state index < -0.39 is 4.92 Å². The van der Waals surface area contributed by atoms with Crippen molar-refractivity contribution in [2.75, 3.05) is 0 Å². The van der Waals surface area contributed by atoms with Crippen LogP contribution in [0, 0.1) is 33.7 Å². The zero-order valence-electron chi connectivity index (χ0n) is 20.8. The fraction of sp³-hybridized carbons (Fsp3) is 0.444. The van der Waals surface area contributed by atoms with E-state index >= 15 is 0 Å². The van der Waals surface area contributed by atoms with E-state index in [0.29, 0.717) is 22.4 Å². The summed E-state index contributed by atoms with van der Waals surface area (Å²) in [5.74, 6) is 2.94. The topological polar surface area (TPSA) is 115 Å². The second kappa shape index (κ2) is 10.0. The van der Waals surface area contributed by atoms with Gasteiger partial charge in [0.05, 0.1) is 11.5 Å². The lowest BCUT2D eigenvalue weighted by molar-refractivity contribution is -0.384. The molecule has 2 aromatic carbocycles. The number of aromatic nitrogens is 3. The molecule has 0 aliphatic heterocycles. The maximum absolute atomic E-state index is 13.3. The van der Waals surface area contributed by atoms with E-state index in [2.05, 4.69) is 20.8 Å². The number of halogens is 1. The summed E-state index contributed by atoms with van der Waals surface area (Å²) in [6, 6.07) is 12.2. The van der Waals surface area contributed by atoms with Gasteiger partial charge in [0, 0.05) is 29.1 Å². The molecule has 0 saturated heterocycles. The molecule has 1 aromatic heterocycles. The van der Waals surface area contributed by atoms with Crippen LogP contribution in [0.2, 0.25) is 0 Å². The Kier molecular flexibility index (Phi) is 6.55. The number of carbonyl (C=O) groups is 1. The van der Waals surface area contributed by atoms with E-state index in [0.717, 1.165) is 42.6 Å². The van der Waals surface area contributed by atoms with E-state index in [1.54, 1.807) is 28.8 Å². The van der Waals surface area contributed by atoms with Crippen LogP contribution < -0.4 is 10.6 Å². The zero-order valence-corrected chi connectivity index (χ0v) is 21.6. The van der Waals surface area contributed by atoms with Crippen LogP contribution >= 0.6 is 11.8 Å². The number of hydrogen-bond donors (Lipinski definition) is 2. The fourth-order valence-corrected chi connectivity index (χ4v) is 7.85. The first kappa shape index (κ1) is 24.8. The van der Waals surface area contributed by atoms with Crippen molar-refractivity contribution in [1.29, 1.82) is 0 Å². The molecule has 4 aliphatic rings. The Bertz CT molecular complexity index is 1310. The first-order valence-corrected chi connectivity index (χ1v) is 14.0. The van der Waals surface area contributed by atoms with Crippen LogP contribution in [-0.4, -0.2) is 31.3 Å². The molecular weight excluding hydrogens is 507 g/mol. The largest absolute Gasteiger partial charge is 0.333 e. The monoisotopic (exact) mass is 536 g/mol. The molecule has 1 heterocycles. The van der Waals surface area contributed by atoms with Crippen LogP contribution in [0.25, 0.3) is 5.69 Å². The van der Waals surface area contributed by atoms with Crippen molar-refractivity contribution < 1.29 is 14.1 Å². The summed E-state index contributed by atoms with van der Waals surface area (Å²) in [6.07, 6.45) is 7.11. The SMILES string of the molecule is O=C(NCc1nnc(SCc2ccc(F)cc2)n1-c1ccc([N+](=O)[O-])cc1)NC12CC3CC(CC(C3)C1)C2. The number of urea groups is 1. The second-order valence-electron chi connectivity index (χ2n) is 10.9. The molecule has 4 bridgehead atoms. The maximum atomic E-state index is 13.3. The van der Waals surface area contributed by atoms with Gasteiger partial charge in [-0.3, -0.25) is 14.7 Å². The second-order valence-corrected chi connectivity index (χ2v) is 11.9. The number of non-ortho nitro benzene ring substituents is 1. The smallest absolute Gasteiger partial charge is 0.315 e. The molecule has 0 radical (unpaired) electrons. The van der Waals surface area contributed by atoms with Crippen molar-refractivity contribution >= 4 is 23.5 Å². The third kappa shape index (κ3) is 5.11. The van der Waals surface area contributed by atoms with Gasteiger partial charge in [0.15, 0.2) is 11.0 Å². The summed E-state index contributed by atoms with van der Waals surface area (Å²) >= 11 is 1.42. The third-order valence-corrected chi connectivity index (χ3v) is 9.12. The van der Waals surface area contributed by atoms with E-state index in [9.17, 15) is 19.3 Å². The molecule has 0 unspecified atom stereocenters. The number of amides is 2. The van der Waals surface area contributed by atoms with E-state index in [4.69, 9.17) is 0 Å². The van der Waals surface area contributed by atoms with Gasteiger partial charge in [-0.25, -0.2) is 9.18 Å². The van der Waals surface area contributed by atoms with Gasteiger partial charge in [-0.15, -0.1) is 10.2 Å². The van der Waals surface area contributed by atoms with Crippen molar-refractivity contribution in [2.24, 2.45) is 17.8 Å². The Morgan fingerprint density at radius 1 is 1.03 bits per heavy atom. The highest BCUT2D eigenvalue weighted by atomic mass is 32.2. The number of rotatable bonds is 8. The highest BCUT2D eigenvalue weighted by Crippen LogP contribution is 2.55. The van der Waals surface area contributed by atoms with Crippen molar-refractivity contribution in [3.63, 3.8) is 0 Å². The van der Waals surface area contributed by atoms with Crippen molar-refractivity contribution in [1.82, 2.24) is 25.4 Å². The summed E-state index contributed by atoms with van der Waals surface area (Å²) in [5, 5.41) is 26.7. The Labute approximate surface area is 223 Å². The standard InChI is InChI=1S/C27H29FN6O3S/c28-21-3-1-17(2-4-21)16-38-26-32-31-24(33(26)22-5-7-23(8-6-22)34(36)37)15-29-25(35)30-27-12-18-9-19(13-27)11-20(10-18)14-27/h1-8,18-20H,9-16H2,(H2,29,30,35).